The van der Waals surface area contributed by atoms with Crippen LogP contribution in [-0.4, -0.2) is 23.0 Å². The van der Waals surface area contributed by atoms with E-state index in [0.717, 1.165) is 17.8 Å². The molecule has 1 aliphatic heterocycles. The molecule has 1 aromatic rings. The molecule has 0 aliphatic carbocycles. The van der Waals surface area contributed by atoms with Gasteiger partial charge in [0.25, 0.3) is 0 Å². The molecule has 2 heterocycles. The summed E-state index contributed by atoms with van der Waals surface area (Å²) in [6.07, 6.45) is 3.17. The minimum absolute atomic E-state index is 0.469. The van der Waals surface area contributed by atoms with Gasteiger partial charge in [-0.05, 0) is 30.0 Å². The third-order valence-electron chi connectivity index (χ3n) is 3.26. The van der Waals surface area contributed by atoms with Gasteiger partial charge in [-0.15, -0.1) is 0 Å². The van der Waals surface area contributed by atoms with Crippen LogP contribution in [-0.2, 0) is 13.1 Å². The van der Waals surface area contributed by atoms with Crippen LogP contribution in [0.3, 0.4) is 0 Å². The van der Waals surface area contributed by atoms with E-state index in [1.165, 1.54) is 19.5 Å². The third-order valence-corrected chi connectivity index (χ3v) is 3.26. The molecule has 0 atom stereocenters. The Kier molecular flexibility index (Phi) is 3.26. The van der Waals surface area contributed by atoms with E-state index in [1.807, 2.05) is 6.20 Å². The highest BCUT2D eigenvalue weighted by atomic mass is 15.2. The van der Waals surface area contributed by atoms with Crippen LogP contribution in [0.5, 0.6) is 0 Å². The Morgan fingerprint density at radius 2 is 2.25 bits per heavy atom. The van der Waals surface area contributed by atoms with Gasteiger partial charge >= 0.3 is 0 Å². The first-order valence-corrected chi connectivity index (χ1v) is 5.95. The Morgan fingerprint density at radius 3 is 2.75 bits per heavy atom. The van der Waals surface area contributed by atoms with Gasteiger partial charge < -0.3 is 5.73 Å². The van der Waals surface area contributed by atoms with Crippen LogP contribution in [0.2, 0.25) is 0 Å². The average Bonchev–Trinajstić information content (AvgIpc) is 2.59. The Bertz CT molecular complexity index is 343. The molecule has 0 saturated carbocycles. The predicted octanol–water partition coefficient (Wildman–Crippen LogP) is 1.77. The first-order chi connectivity index (χ1) is 7.59. The highest BCUT2D eigenvalue weighted by Gasteiger charge is 2.28. The number of hydrogen-bond donors (Lipinski definition) is 1. The van der Waals surface area contributed by atoms with E-state index < -0.39 is 0 Å². The minimum Gasteiger partial charge on any atom is -0.326 e. The molecule has 2 rings (SSSR count). The van der Waals surface area contributed by atoms with Crippen molar-refractivity contribution >= 4 is 0 Å². The fourth-order valence-corrected chi connectivity index (χ4v) is 2.26. The molecule has 16 heavy (non-hydrogen) atoms. The number of hydrogen-bond acceptors (Lipinski definition) is 3. The Hall–Kier alpha value is -0.930. The summed E-state index contributed by atoms with van der Waals surface area (Å²) in [5.74, 6) is 0. The second-order valence-corrected chi connectivity index (χ2v) is 5.49. The van der Waals surface area contributed by atoms with Crippen molar-refractivity contribution in [3.63, 3.8) is 0 Å². The smallest absolute Gasteiger partial charge is 0.0544 e. The van der Waals surface area contributed by atoms with Crippen molar-refractivity contribution in [2.75, 3.05) is 13.1 Å². The molecule has 3 heteroatoms. The largest absolute Gasteiger partial charge is 0.326 e. The summed E-state index contributed by atoms with van der Waals surface area (Å²) in [5.41, 5.74) is 8.27. The molecular weight excluding hydrogens is 198 g/mol. The van der Waals surface area contributed by atoms with Crippen LogP contribution < -0.4 is 5.73 Å². The van der Waals surface area contributed by atoms with Gasteiger partial charge in [0.1, 0.15) is 0 Å². The van der Waals surface area contributed by atoms with E-state index in [1.54, 1.807) is 0 Å². The van der Waals surface area contributed by atoms with E-state index in [-0.39, 0.29) is 0 Å². The van der Waals surface area contributed by atoms with Crippen LogP contribution in [0.1, 0.15) is 31.5 Å². The summed E-state index contributed by atoms with van der Waals surface area (Å²) in [6.45, 7) is 8.56. The van der Waals surface area contributed by atoms with Gasteiger partial charge in [0.2, 0.25) is 0 Å². The lowest BCUT2D eigenvalue weighted by atomic mass is 9.93. The van der Waals surface area contributed by atoms with Crippen molar-refractivity contribution in [3.05, 3.63) is 29.6 Å². The lowest BCUT2D eigenvalue weighted by molar-refractivity contribution is 0.281. The minimum atomic E-state index is 0.469. The molecule has 1 fully saturated rings. The van der Waals surface area contributed by atoms with Crippen molar-refractivity contribution < 1.29 is 0 Å². The molecule has 1 saturated heterocycles. The molecule has 0 amide bonds. The van der Waals surface area contributed by atoms with Gasteiger partial charge in [0, 0.05) is 25.8 Å². The number of likely N-dealkylation sites (tertiary alicyclic amines) is 1. The van der Waals surface area contributed by atoms with E-state index in [4.69, 9.17) is 5.73 Å². The first kappa shape index (κ1) is 11.6. The van der Waals surface area contributed by atoms with Crippen molar-refractivity contribution in [2.45, 2.75) is 33.4 Å². The quantitative estimate of drug-likeness (QED) is 0.842. The summed E-state index contributed by atoms with van der Waals surface area (Å²) in [7, 11) is 0. The topological polar surface area (TPSA) is 42.1 Å². The van der Waals surface area contributed by atoms with Crippen molar-refractivity contribution in [3.8, 4) is 0 Å². The van der Waals surface area contributed by atoms with Crippen LogP contribution in [0.25, 0.3) is 0 Å². The maximum Gasteiger partial charge on any atom is 0.0544 e. The Balaban J connectivity index is 1.94. The summed E-state index contributed by atoms with van der Waals surface area (Å²) in [5, 5.41) is 0. The first-order valence-electron chi connectivity index (χ1n) is 5.95. The fourth-order valence-electron chi connectivity index (χ4n) is 2.26. The molecule has 2 N–H and O–H groups in total. The van der Waals surface area contributed by atoms with E-state index >= 15 is 0 Å². The Labute approximate surface area is 97.7 Å². The number of nitrogens with zero attached hydrogens (tertiary/aromatic N) is 2. The summed E-state index contributed by atoms with van der Waals surface area (Å²) in [4.78, 5) is 6.92. The number of aromatic nitrogens is 1. The molecule has 3 nitrogen and oxygen atoms in total. The fraction of sp³-hybridized carbons (Fsp3) is 0.615. The lowest BCUT2D eigenvalue weighted by Crippen LogP contribution is -2.23. The van der Waals surface area contributed by atoms with Crippen LogP contribution in [0.4, 0.5) is 0 Å². The number of nitrogens with two attached hydrogens (primary N) is 1. The monoisotopic (exact) mass is 219 g/mol. The van der Waals surface area contributed by atoms with Gasteiger partial charge in [-0.2, -0.15) is 0 Å². The van der Waals surface area contributed by atoms with E-state index in [0.29, 0.717) is 12.0 Å². The zero-order valence-corrected chi connectivity index (χ0v) is 10.2. The van der Waals surface area contributed by atoms with Crippen molar-refractivity contribution in [2.24, 2.45) is 11.1 Å². The highest BCUT2D eigenvalue weighted by Crippen LogP contribution is 2.29. The molecule has 1 aliphatic rings. The molecule has 1 aromatic heterocycles. The van der Waals surface area contributed by atoms with Crippen LogP contribution >= 0.6 is 0 Å². The molecule has 88 valence electrons. The van der Waals surface area contributed by atoms with Gasteiger partial charge in [-0.3, -0.25) is 9.88 Å². The summed E-state index contributed by atoms with van der Waals surface area (Å²) in [6, 6.07) is 4.16. The standard InChI is InChI=1S/C13H21N3/c1-13(2)5-6-16(10-13)9-12-4-3-11(7-14)8-15-12/h3-4,8H,5-7,9-10,14H2,1-2H3. The molecule has 0 radical (unpaired) electrons. The van der Waals surface area contributed by atoms with Gasteiger partial charge in [-0.1, -0.05) is 19.9 Å². The van der Waals surface area contributed by atoms with Gasteiger partial charge in [-0.25, -0.2) is 0 Å². The summed E-state index contributed by atoms with van der Waals surface area (Å²) >= 11 is 0. The van der Waals surface area contributed by atoms with Crippen LogP contribution in [0, 0.1) is 5.41 Å². The second-order valence-electron chi connectivity index (χ2n) is 5.49. The maximum absolute atomic E-state index is 5.55. The van der Waals surface area contributed by atoms with Crippen molar-refractivity contribution in [1.29, 1.82) is 0 Å². The van der Waals surface area contributed by atoms with Crippen LogP contribution in [0.15, 0.2) is 18.3 Å². The second kappa shape index (κ2) is 4.52. The van der Waals surface area contributed by atoms with E-state index in [2.05, 4.69) is 35.9 Å². The molecule has 0 spiro atoms. The zero-order chi connectivity index (χ0) is 11.6. The highest BCUT2D eigenvalue weighted by molar-refractivity contribution is 5.13. The average molecular weight is 219 g/mol. The van der Waals surface area contributed by atoms with Gasteiger partial charge in [0.15, 0.2) is 0 Å². The normalized spacial score (nSPS) is 20.2. The number of rotatable bonds is 3. The number of pyridine rings is 1. The third kappa shape index (κ3) is 2.80. The van der Waals surface area contributed by atoms with Crippen molar-refractivity contribution in [1.82, 2.24) is 9.88 Å². The van der Waals surface area contributed by atoms with Gasteiger partial charge in [0.05, 0.1) is 5.69 Å². The summed E-state index contributed by atoms with van der Waals surface area (Å²) < 4.78 is 0. The molecule has 0 aromatic carbocycles. The Morgan fingerprint density at radius 1 is 1.44 bits per heavy atom. The molecular formula is C13H21N3. The molecule has 0 unspecified atom stereocenters. The van der Waals surface area contributed by atoms with E-state index in [9.17, 15) is 0 Å². The SMILES string of the molecule is CC1(C)CCN(Cc2ccc(CN)cn2)C1. The molecule has 0 bridgehead atoms. The zero-order valence-electron chi connectivity index (χ0n) is 10.2. The lowest BCUT2D eigenvalue weighted by Gasteiger charge is -2.19. The predicted molar refractivity (Wildman–Crippen MR) is 65.8 cm³/mol. The maximum atomic E-state index is 5.55.